The Balaban J connectivity index is 2.18. The molecule has 0 saturated carbocycles. The molecule has 17 heavy (non-hydrogen) atoms. The molecule has 0 amide bonds. The van der Waals surface area contributed by atoms with Crippen molar-refractivity contribution in [1.29, 1.82) is 0 Å². The Bertz CT molecular complexity index is 520. The van der Waals surface area contributed by atoms with E-state index in [2.05, 4.69) is 11.3 Å². The highest BCUT2D eigenvalue weighted by Gasteiger charge is 2.17. The molecule has 1 aliphatic rings. The van der Waals surface area contributed by atoms with Gasteiger partial charge in [-0.05, 0) is 48.9 Å². The van der Waals surface area contributed by atoms with Gasteiger partial charge in [0, 0.05) is 6.54 Å². The van der Waals surface area contributed by atoms with Crippen LogP contribution in [-0.2, 0) is 22.9 Å². The Morgan fingerprint density at radius 3 is 2.82 bits per heavy atom. The molecule has 0 atom stereocenters. The summed E-state index contributed by atoms with van der Waals surface area (Å²) in [5, 5.41) is 0. The summed E-state index contributed by atoms with van der Waals surface area (Å²) in [6.07, 6.45) is 5.53. The minimum atomic E-state index is -3.35. The van der Waals surface area contributed by atoms with Crippen molar-refractivity contribution in [3.8, 4) is 0 Å². The van der Waals surface area contributed by atoms with E-state index < -0.39 is 10.0 Å². The number of aryl methyl sites for hydroxylation is 2. The second kappa shape index (κ2) is 5.02. The topological polar surface area (TPSA) is 46.2 Å². The van der Waals surface area contributed by atoms with E-state index in [-0.39, 0.29) is 0 Å². The Morgan fingerprint density at radius 1 is 1.29 bits per heavy atom. The predicted octanol–water partition coefficient (Wildman–Crippen LogP) is 2.03. The first-order valence-corrected chi connectivity index (χ1v) is 7.34. The van der Waals surface area contributed by atoms with Gasteiger partial charge in [0.15, 0.2) is 0 Å². The lowest BCUT2D eigenvalue weighted by Crippen LogP contribution is -2.24. The molecule has 0 radical (unpaired) electrons. The van der Waals surface area contributed by atoms with Gasteiger partial charge in [-0.25, -0.2) is 13.1 Å². The van der Waals surface area contributed by atoms with Gasteiger partial charge in [0.05, 0.1) is 4.90 Å². The Kier molecular flexibility index (Phi) is 3.64. The maximum absolute atomic E-state index is 12.0. The molecule has 1 aromatic rings. The van der Waals surface area contributed by atoms with Gasteiger partial charge in [-0.1, -0.05) is 12.1 Å². The molecule has 3 nitrogen and oxygen atoms in total. The van der Waals surface area contributed by atoms with Gasteiger partial charge in [-0.3, -0.25) is 0 Å². The summed E-state index contributed by atoms with van der Waals surface area (Å²) < 4.78 is 26.5. The Hall–Kier alpha value is -1.13. The minimum Gasteiger partial charge on any atom is -0.211 e. The molecule has 2 rings (SSSR count). The third-order valence-electron chi connectivity index (χ3n) is 3.02. The van der Waals surface area contributed by atoms with E-state index in [0.717, 1.165) is 19.3 Å². The third kappa shape index (κ3) is 2.76. The standard InChI is InChI=1S/C13H17NO2S/c1-2-3-9-14-17(15,16)13-8-7-11-5-4-6-12(11)10-13/h2,7-8,10,14H,1,3-6,9H2. The van der Waals surface area contributed by atoms with E-state index >= 15 is 0 Å². The molecule has 1 N–H and O–H groups in total. The van der Waals surface area contributed by atoms with Gasteiger partial charge in [0.25, 0.3) is 0 Å². The molecule has 1 aliphatic carbocycles. The SMILES string of the molecule is C=CCCNS(=O)(=O)c1ccc2c(c1)CCC2. The quantitative estimate of drug-likeness (QED) is 0.643. The molecule has 0 fully saturated rings. The average molecular weight is 251 g/mol. The van der Waals surface area contributed by atoms with Crippen LogP contribution in [0.5, 0.6) is 0 Å². The number of hydrogen-bond acceptors (Lipinski definition) is 2. The molecule has 92 valence electrons. The highest BCUT2D eigenvalue weighted by atomic mass is 32.2. The van der Waals surface area contributed by atoms with Gasteiger partial charge < -0.3 is 0 Å². The lowest BCUT2D eigenvalue weighted by atomic mass is 10.1. The summed E-state index contributed by atoms with van der Waals surface area (Å²) in [4.78, 5) is 0.377. The molecule has 0 unspecified atom stereocenters. The van der Waals surface area contributed by atoms with Crippen molar-refractivity contribution < 1.29 is 8.42 Å². The summed E-state index contributed by atoms with van der Waals surface area (Å²) in [6, 6.07) is 5.43. The van der Waals surface area contributed by atoms with E-state index in [1.165, 1.54) is 11.1 Å². The molecule has 1 aromatic carbocycles. The number of fused-ring (bicyclic) bond motifs is 1. The van der Waals surface area contributed by atoms with Crippen LogP contribution in [-0.4, -0.2) is 15.0 Å². The number of benzene rings is 1. The Morgan fingerprint density at radius 2 is 2.06 bits per heavy atom. The van der Waals surface area contributed by atoms with E-state index in [9.17, 15) is 8.42 Å². The zero-order valence-electron chi connectivity index (χ0n) is 9.78. The molecule has 0 saturated heterocycles. The van der Waals surface area contributed by atoms with Crippen molar-refractivity contribution in [2.24, 2.45) is 0 Å². The van der Waals surface area contributed by atoms with Gasteiger partial charge in [-0.2, -0.15) is 0 Å². The molecular formula is C13H17NO2S. The smallest absolute Gasteiger partial charge is 0.211 e. The molecule has 0 heterocycles. The highest BCUT2D eigenvalue weighted by molar-refractivity contribution is 7.89. The van der Waals surface area contributed by atoms with Crippen molar-refractivity contribution in [2.75, 3.05) is 6.54 Å². The van der Waals surface area contributed by atoms with E-state index in [4.69, 9.17) is 0 Å². The fourth-order valence-electron chi connectivity index (χ4n) is 2.09. The zero-order valence-corrected chi connectivity index (χ0v) is 10.6. The normalized spacial score (nSPS) is 14.6. The monoisotopic (exact) mass is 251 g/mol. The summed E-state index contributed by atoms with van der Waals surface area (Å²) in [7, 11) is -3.35. The van der Waals surface area contributed by atoms with Gasteiger partial charge in [-0.15, -0.1) is 6.58 Å². The van der Waals surface area contributed by atoms with Crippen LogP contribution in [0.25, 0.3) is 0 Å². The number of nitrogens with one attached hydrogen (secondary N) is 1. The van der Waals surface area contributed by atoms with Crippen LogP contribution in [0.4, 0.5) is 0 Å². The van der Waals surface area contributed by atoms with Gasteiger partial charge in [0.1, 0.15) is 0 Å². The van der Waals surface area contributed by atoms with Crippen molar-refractivity contribution in [3.05, 3.63) is 42.0 Å². The first-order chi connectivity index (χ1) is 8.13. The van der Waals surface area contributed by atoms with Crippen molar-refractivity contribution in [3.63, 3.8) is 0 Å². The molecular weight excluding hydrogens is 234 g/mol. The van der Waals surface area contributed by atoms with Crippen LogP contribution in [0.2, 0.25) is 0 Å². The maximum Gasteiger partial charge on any atom is 0.240 e. The van der Waals surface area contributed by atoms with E-state index in [1.807, 2.05) is 6.07 Å². The third-order valence-corrected chi connectivity index (χ3v) is 4.48. The van der Waals surface area contributed by atoms with Crippen LogP contribution >= 0.6 is 0 Å². The second-order valence-electron chi connectivity index (χ2n) is 4.26. The minimum absolute atomic E-state index is 0.377. The number of sulfonamides is 1. The molecule has 0 spiro atoms. The van der Waals surface area contributed by atoms with Crippen LogP contribution in [0.3, 0.4) is 0 Å². The molecule has 0 aromatic heterocycles. The predicted molar refractivity (Wildman–Crippen MR) is 68.5 cm³/mol. The summed E-state index contributed by atoms with van der Waals surface area (Å²) in [6.45, 7) is 3.97. The fourth-order valence-corrected chi connectivity index (χ4v) is 3.19. The first kappa shape index (κ1) is 12.3. The van der Waals surface area contributed by atoms with Crippen LogP contribution in [0.15, 0.2) is 35.7 Å². The maximum atomic E-state index is 12.0. The zero-order chi connectivity index (χ0) is 12.3. The number of hydrogen-bond donors (Lipinski definition) is 1. The molecule has 4 heteroatoms. The first-order valence-electron chi connectivity index (χ1n) is 5.86. The largest absolute Gasteiger partial charge is 0.240 e. The van der Waals surface area contributed by atoms with Crippen LogP contribution in [0.1, 0.15) is 24.0 Å². The van der Waals surface area contributed by atoms with Crippen molar-refractivity contribution >= 4 is 10.0 Å². The molecule has 0 bridgehead atoms. The van der Waals surface area contributed by atoms with Gasteiger partial charge >= 0.3 is 0 Å². The highest BCUT2D eigenvalue weighted by Crippen LogP contribution is 2.24. The van der Waals surface area contributed by atoms with Crippen LogP contribution in [0, 0.1) is 0 Å². The van der Waals surface area contributed by atoms with Gasteiger partial charge in [0.2, 0.25) is 10.0 Å². The average Bonchev–Trinajstić information content (AvgIpc) is 2.76. The Labute approximate surface area is 103 Å². The van der Waals surface area contributed by atoms with E-state index in [0.29, 0.717) is 17.9 Å². The fraction of sp³-hybridized carbons (Fsp3) is 0.385. The lowest BCUT2D eigenvalue weighted by Gasteiger charge is -2.07. The summed E-state index contributed by atoms with van der Waals surface area (Å²) in [5.41, 5.74) is 2.46. The number of rotatable bonds is 5. The second-order valence-corrected chi connectivity index (χ2v) is 6.03. The van der Waals surface area contributed by atoms with Crippen molar-refractivity contribution in [1.82, 2.24) is 4.72 Å². The van der Waals surface area contributed by atoms with Crippen molar-refractivity contribution in [2.45, 2.75) is 30.6 Å². The summed E-state index contributed by atoms with van der Waals surface area (Å²) >= 11 is 0. The lowest BCUT2D eigenvalue weighted by molar-refractivity contribution is 0.582. The van der Waals surface area contributed by atoms with Crippen LogP contribution < -0.4 is 4.72 Å². The van der Waals surface area contributed by atoms with E-state index in [1.54, 1.807) is 18.2 Å². The molecule has 0 aliphatic heterocycles. The summed E-state index contributed by atoms with van der Waals surface area (Å²) in [5.74, 6) is 0.